The van der Waals surface area contributed by atoms with Crippen LogP contribution in [-0.2, 0) is 15.1 Å². The van der Waals surface area contributed by atoms with Gasteiger partial charge in [-0.25, -0.2) is 0 Å². The third kappa shape index (κ3) is 3.78. The number of carbonyl (C=O) groups excluding carboxylic acids is 1. The van der Waals surface area contributed by atoms with Gasteiger partial charge in [0.25, 0.3) is 0 Å². The molecule has 2 N–H and O–H groups in total. The van der Waals surface area contributed by atoms with Crippen LogP contribution in [0.2, 0.25) is 0 Å². The maximum absolute atomic E-state index is 10.9. The number of benzene rings is 1. The predicted octanol–water partition coefficient (Wildman–Crippen LogP) is 0.237. The molecule has 0 bridgehead atoms. The fraction of sp³-hybridized carbons (Fsp3) is 0. The average Bonchev–Trinajstić information content (AvgIpc) is 2.17. The Morgan fingerprint density at radius 1 is 1.20 bits per heavy atom. The van der Waals surface area contributed by atoms with Crippen molar-refractivity contribution in [2.45, 2.75) is 0 Å². The molecule has 1 amide bonds. The number of primary amides is 1. The SMILES string of the molecule is NC(=O)C(=Cc1ccccc1)C=S(=O)=O. The van der Waals surface area contributed by atoms with Crippen LogP contribution in [0.25, 0.3) is 6.08 Å². The summed E-state index contributed by atoms with van der Waals surface area (Å²) in [7, 11) is -2.43. The fourth-order valence-corrected chi connectivity index (χ4v) is 1.39. The van der Waals surface area contributed by atoms with Gasteiger partial charge in [-0.3, -0.25) is 4.79 Å². The summed E-state index contributed by atoms with van der Waals surface area (Å²) in [5.41, 5.74) is 5.69. The van der Waals surface area contributed by atoms with Gasteiger partial charge in [-0.15, -0.1) is 0 Å². The highest BCUT2D eigenvalue weighted by atomic mass is 32.2. The van der Waals surface area contributed by atoms with Gasteiger partial charge < -0.3 is 5.73 Å². The zero-order valence-electron chi connectivity index (χ0n) is 7.75. The van der Waals surface area contributed by atoms with Crippen LogP contribution in [0.5, 0.6) is 0 Å². The minimum atomic E-state index is -2.43. The van der Waals surface area contributed by atoms with Crippen molar-refractivity contribution in [2.24, 2.45) is 5.73 Å². The molecule has 1 rings (SSSR count). The van der Waals surface area contributed by atoms with Crippen LogP contribution in [-0.4, -0.2) is 19.7 Å². The molecule has 1 aromatic rings. The Bertz CT molecular complexity index is 507. The Hall–Kier alpha value is -1.88. The number of carbonyl (C=O) groups is 1. The van der Waals surface area contributed by atoms with Crippen LogP contribution in [0.1, 0.15) is 5.56 Å². The maximum Gasteiger partial charge on any atom is 0.249 e. The number of amides is 1. The fourth-order valence-electron chi connectivity index (χ4n) is 0.996. The molecule has 0 aliphatic rings. The second kappa shape index (κ2) is 5.11. The number of rotatable bonds is 3. The van der Waals surface area contributed by atoms with Crippen molar-refractivity contribution in [1.82, 2.24) is 0 Å². The third-order valence-electron chi connectivity index (χ3n) is 1.63. The van der Waals surface area contributed by atoms with E-state index < -0.39 is 16.2 Å². The molecule has 0 fully saturated rings. The van der Waals surface area contributed by atoms with Gasteiger partial charge in [0.2, 0.25) is 16.2 Å². The third-order valence-corrected chi connectivity index (χ3v) is 2.08. The van der Waals surface area contributed by atoms with Crippen LogP contribution >= 0.6 is 0 Å². The minimum absolute atomic E-state index is 0.0467. The second-order valence-corrected chi connectivity index (χ2v) is 3.51. The van der Waals surface area contributed by atoms with Crippen molar-refractivity contribution in [2.75, 3.05) is 0 Å². The van der Waals surface area contributed by atoms with Crippen LogP contribution < -0.4 is 5.73 Å². The Labute approximate surface area is 88.6 Å². The smallest absolute Gasteiger partial charge is 0.249 e. The van der Waals surface area contributed by atoms with E-state index in [-0.39, 0.29) is 5.57 Å². The Kier molecular flexibility index (Phi) is 3.82. The van der Waals surface area contributed by atoms with Crippen LogP contribution in [0.3, 0.4) is 0 Å². The standard InChI is InChI=1S/C10H9NO3S/c11-10(12)9(7-15(13)14)6-8-4-2-1-3-5-8/h1-7H,(H2,11,12). The van der Waals surface area contributed by atoms with Crippen molar-refractivity contribution in [3.63, 3.8) is 0 Å². The van der Waals surface area contributed by atoms with E-state index in [0.29, 0.717) is 5.56 Å². The molecule has 0 aliphatic carbocycles. The zero-order valence-corrected chi connectivity index (χ0v) is 8.57. The lowest BCUT2D eigenvalue weighted by molar-refractivity contribution is -0.114. The van der Waals surface area contributed by atoms with Gasteiger partial charge in [0.1, 0.15) is 0 Å². The van der Waals surface area contributed by atoms with Crippen molar-refractivity contribution in [3.05, 3.63) is 41.5 Å². The summed E-state index contributed by atoms with van der Waals surface area (Å²) < 4.78 is 20.8. The maximum atomic E-state index is 10.9. The monoisotopic (exact) mass is 223 g/mol. The van der Waals surface area contributed by atoms with E-state index in [9.17, 15) is 13.2 Å². The number of nitrogens with two attached hydrogens (primary N) is 1. The molecular formula is C10H9NO3S. The van der Waals surface area contributed by atoms with E-state index in [1.165, 1.54) is 6.08 Å². The highest BCUT2D eigenvalue weighted by Gasteiger charge is 2.01. The van der Waals surface area contributed by atoms with Gasteiger partial charge in [-0.1, -0.05) is 30.3 Å². The first kappa shape index (κ1) is 11.2. The van der Waals surface area contributed by atoms with Crippen molar-refractivity contribution in [3.8, 4) is 0 Å². The first-order valence-electron chi connectivity index (χ1n) is 4.09. The summed E-state index contributed by atoms with van der Waals surface area (Å²) in [5, 5.41) is 0.787. The number of hydrogen-bond donors (Lipinski definition) is 1. The minimum Gasteiger partial charge on any atom is -0.366 e. The van der Waals surface area contributed by atoms with Gasteiger partial charge in [-0.05, 0) is 11.6 Å². The van der Waals surface area contributed by atoms with E-state index in [1.54, 1.807) is 24.3 Å². The lowest BCUT2D eigenvalue weighted by Crippen LogP contribution is -2.14. The molecule has 0 saturated carbocycles. The summed E-state index contributed by atoms with van der Waals surface area (Å²) >= 11 is 0. The first-order valence-corrected chi connectivity index (χ1v) is 5.23. The van der Waals surface area contributed by atoms with Crippen LogP contribution in [0.15, 0.2) is 35.9 Å². The van der Waals surface area contributed by atoms with Crippen LogP contribution in [0.4, 0.5) is 0 Å². The molecule has 0 aromatic heterocycles. The summed E-state index contributed by atoms with van der Waals surface area (Å²) in [6.45, 7) is 0. The van der Waals surface area contributed by atoms with Gasteiger partial charge >= 0.3 is 0 Å². The summed E-state index contributed by atoms with van der Waals surface area (Å²) in [6.07, 6.45) is 1.41. The average molecular weight is 223 g/mol. The molecule has 4 nitrogen and oxygen atoms in total. The van der Waals surface area contributed by atoms with Crippen LogP contribution in [0, 0.1) is 0 Å². The molecule has 15 heavy (non-hydrogen) atoms. The van der Waals surface area contributed by atoms with E-state index in [1.807, 2.05) is 6.07 Å². The van der Waals surface area contributed by atoms with E-state index in [4.69, 9.17) is 5.73 Å². The lowest BCUT2D eigenvalue weighted by Gasteiger charge is -1.94. The molecule has 1 aromatic carbocycles. The quantitative estimate of drug-likeness (QED) is 0.589. The lowest BCUT2D eigenvalue weighted by atomic mass is 10.1. The van der Waals surface area contributed by atoms with E-state index >= 15 is 0 Å². The van der Waals surface area contributed by atoms with Crippen molar-refractivity contribution < 1.29 is 13.2 Å². The highest BCUT2D eigenvalue weighted by molar-refractivity contribution is 7.72. The molecule has 0 spiro atoms. The Morgan fingerprint density at radius 2 is 1.80 bits per heavy atom. The summed E-state index contributed by atoms with van der Waals surface area (Å²) in [6, 6.07) is 8.85. The molecule has 5 heteroatoms. The molecule has 0 heterocycles. The Morgan fingerprint density at radius 3 is 2.27 bits per heavy atom. The van der Waals surface area contributed by atoms with Gasteiger partial charge in [-0.2, -0.15) is 8.42 Å². The predicted molar refractivity (Wildman–Crippen MR) is 58.6 cm³/mol. The second-order valence-electron chi connectivity index (χ2n) is 2.75. The van der Waals surface area contributed by atoms with Gasteiger partial charge in [0, 0.05) is 0 Å². The topological polar surface area (TPSA) is 77.2 Å². The van der Waals surface area contributed by atoms with Gasteiger partial charge in [0.15, 0.2) is 0 Å². The largest absolute Gasteiger partial charge is 0.366 e. The molecular weight excluding hydrogens is 214 g/mol. The molecule has 0 radical (unpaired) electrons. The van der Waals surface area contributed by atoms with Crippen molar-refractivity contribution >= 4 is 27.6 Å². The molecule has 0 aliphatic heterocycles. The van der Waals surface area contributed by atoms with Gasteiger partial charge in [0.05, 0.1) is 10.9 Å². The Balaban J connectivity index is 3.17. The highest BCUT2D eigenvalue weighted by Crippen LogP contribution is 2.04. The zero-order chi connectivity index (χ0) is 11.3. The summed E-state index contributed by atoms with van der Waals surface area (Å²) in [4.78, 5) is 10.9. The van der Waals surface area contributed by atoms with E-state index in [2.05, 4.69) is 0 Å². The van der Waals surface area contributed by atoms with E-state index in [0.717, 1.165) is 5.37 Å². The summed E-state index contributed by atoms with van der Waals surface area (Å²) in [5.74, 6) is -0.775. The number of hydrogen-bond acceptors (Lipinski definition) is 3. The molecule has 0 unspecified atom stereocenters. The molecule has 78 valence electrons. The first-order chi connectivity index (χ1) is 7.09. The van der Waals surface area contributed by atoms with Crippen molar-refractivity contribution in [1.29, 1.82) is 0 Å². The normalized spacial score (nSPS) is 10.8. The molecule has 0 atom stereocenters. The molecule has 0 saturated heterocycles.